The van der Waals surface area contributed by atoms with Crippen LogP contribution in [0.15, 0.2) is 12.3 Å². The van der Waals surface area contributed by atoms with Crippen molar-refractivity contribution in [3.8, 4) is 0 Å². The molecule has 2 aliphatic rings. The summed E-state index contributed by atoms with van der Waals surface area (Å²) in [5.74, 6) is 1.45. The molecule has 1 aliphatic heterocycles. The molecule has 0 bridgehead atoms. The van der Waals surface area contributed by atoms with Gasteiger partial charge in [0.25, 0.3) is 0 Å². The molecule has 5 nitrogen and oxygen atoms in total. The van der Waals surface area contributed by atoms with E-state index in [0.29, 0.717) is 5.92 Å². The molecule has 1 aliphatic carbocycles. The Morgan fingerprint density at radius 3 is 3.16 bits per heavy atom. The van der Waals surface area contributed by atoms with Gasteiger partial charge in [-0.15, -0.1) is 12.4 Å². The highest BCUT2D eigenvalue weighted by Gasteiger charge is 2.49. The van der Waals surface area contributed by atoms with Crippen LogP contribution in [0.4, 0.5) is 5.82 Å². The van der Waals surface area contributed by atoms with E-state index in [1.54, 1.807) is 10.9 Å². The molecule has 2 heterocycles. The molecular formula is C13H21ClN4O. The van der Waals surface area contributed by atoms with E-state index in [9.17, 15) is 4.79 Å². The van der Waals surface area contributed by atoms with Crippen LogP contribution < -0.4 is 10.6 Å². The lowest BCUT2D eigenvalue weighted by Crippen LogP contribution is -2.44. The monoisotopic (exact) mass is 284 g/mol. The van der Waals surface area contributed by atoms with E-state index in [1.165, 1.54) is 12.8 Å². The quantitative estimate of drug-likeness (QED) is 0.866. The summed E-state index contributed by atoms with van der Waals surface area (Å²) in [5.41, 5.74) is -0.192. The van der Waals surface area contributed by atoms with Crippen LogP contribution in [0.2, 0.25) is 0 Å². The molecule has 2 fully saturated rings. The summed E-state index contributed by atoms with van der Waals surface area (Å²) in [7, 11) is 1.85. The van der Waals surface area contributed by atoms with Crippen LogP contribution in [0.5, 0.6) is 0 Å². The highest BCUT2D eigenvalue weighted by molar-refractivity contribution is 5.95. The lowest BCUT2D eigenvalue weighted by atomic mass is 9.67. The van der Waals surface area contributed by atoms with Crippen LogP contribution in [-0.2, 0) is 11.8 Å². The second-order valence-electron chi connectivity index (χ2n) is 5.52. The van der Waals surface area contributed by atoms with Crippen LogP contribution in [-0.4, -0.2) is 28.8 Å². The van der Waals surface area contributed by atoms with E-state index in [2.05, 4.69) is 15.7 Å². The highest BCUT2D eigenvalue weighted by atomic mass is 35.5. The molecule has 6 heteroatoms. The Kier molecular flexibility index (Phi) is 4.16. The number of aryl methyl sites for hydroxylation is 1. The Morgan fingerprint density at radius 1 is 1.58 bits per heavy atom. The zero-order chi connectivity index (χ0) is 12.6. The molecule has 106 valence electrons. The van der Waals surface area contributed by atoms with E-state index in [0.717, 1.165) is 31.7 Å². The second-order valence-corrected chi connectivity index (χ2v) is 5.52. The van der Waals surface area contributed by atoms with Crippen LogP contribution in [0.25, 0.3) is 0 Å². The lowest BCUT2D eigenvalue weighted by molar-refractivity contribution is -0.128. The van der Waals surface area contributed by atoms with Gasteiger partial charge in [0, 0.05) is 19.7 Å². The molecule has 19 heavy (non-hydrogen) atoms. The van der Waals surface area contributed by atoms with Crippen LogP contribution in [0.1, 0.15) is 25.7 Å². The molecule has 3 rings (SSSR count). The molecule has 0 unspecified atom stereocenters. The summed E-state index contributed by atoms with van der Waals surface area (Å²) >= 11 is 0. The molecule has 1 aromatic rings. The minimum atomic E-state index is -0.192. The number of amides is 1. The average molecular weight is 285 g/mol. The van der Waals surface area contributed by atoms with Gasteiger partial charge in [0.15, 0.2) is 0 Å². The molecular weight excluding hydrogens is 264 g/mol. The van der Waals surface area contributed by atoms with Crippen LogP contribution in [0, 0.1) is 11.3 Å². The van der Waals surface area contributed by atoms with Crippen molar-refractivity contribution in [1.29, 1.82) is 0 Å². The fourth-order valence-electron chi connectivity index (χ4n) is 3.43. The zero-order valence-corrected chi connectivity index (χ0v) is 12.0. The van der Waals surface area contributed by atoms with Crippen molar-refractivity contribution in [2.24, 2.45) is 18.4 Å². The van der Waals surface area contributed by atoms with Crippen molar-refractivity contribution in [3.05, 3.63) is 12.3 Å². The van der Waals surface area contributed by atoms with Crippen molar-refractivity contribution in [2.45, 2.75) is 25.7 Å². The maximum atomic E-state index is 12.6. The summed E-state index contributed by atoms with van der Waals surface area (Å²) in [6, 6.07) is 1.84. The van der Waals surface area contributed by atoms with E-state index >= 15 is 0 Å². The normalized spacial score (nSPS) is 29.4. The number of nitrogens with one attached hydrogen (secondary N) is 2. The van der Waals surface area contributed by atoms with Gasteiger partial charge in [-0.1, -0.05) is 12.8 Å². The Morgan fingerprint density at radius 2 is 2.42 bits per heavy atom. The van der Waals surface area contributed by atoms with Gasteiger partial charge in [0.05, 0.1) is 11.6 Å². The van der Waals surface area contributed by atoms with Gasteiger partial charge in [0.2, 0.25) is 5.91 Å². The molecule has 1 aromatic heterocycles. The van der Waals surface area contributed by atoms with Crippen molar-refractivity contribution in [2.75, 3.05) is 18.4 Å². The third-order valence-electron chi connectivity index (χ3n) is 4.55. The lowest BCUT2D eigenvalue weighted by Gasteiger charge is -2.37. The van der Waals surface area contributed by atoms with Gasteiger partial charge in [0.1, 0.15) is 5.82 Å². The van der Waals surface area contributed by atoms with Crippen LogP contribution >= 0.6 is 12.4 Å². The minimum Gasteiger partial charge on any atom is -0.315 e. The molecule has 1 saturated heterocycles. The van der Waals surface area contributed by atoms with Gasteiger partial charge in [-0.05, 0) is 25.3 Å². The van der Waals surface area contributed by atoms with Gasteiger partial charge >= 0.3 is 0 Å². The summed E-state index contributed by atoms with van der Waals surface area (Å²) in [4.78, 5) is 12.6. The number of nitrogens with zero attached hydrogens (tertiary/aromatic N) is 2. The Bertz CT molecular complexity index is 461. The van der Waals surface area contributed by atoms with Gasteiger partial charge in [-0.25, -0.2) is 0 Å². The Hall–Kier alpha value is -1.07. The first-order chi connectivity index (χ1) is 8.72. The molecule has 1 amide bonds. The maximum Gasteiger partial charge on any atom is 0.233 e. The first kappa shape index (κ1) is 14.3. The predicted molar refractivity (Wildman–Crippen MR) is 76.3 cm³/mol. The van der Waals surface area contributed by atoms with Crippen LogP contribution in [0.3, 0.4) is 0 Å². The molecule has 0 radical (unpaired) electrons. The van der Waals surface area contributed by atoms with Gasteiger partial charge in [-0.2, -0.15) is 5.10 Å². The first-order valence-electron chi connectivity index (χ1n) is 6.72. The fourth-order valence-corrected chi connectivity index (χ4v) is 3.43. The fraction of sp³-hybridized carbons (Fsp3) is 0.692. The summed E-state index contributed by atoms with van der Waals surface area (Å²) in [5, 5.41) is 10.5. The number of rotatable bonds is 2. The topological polar surface area (TPSA) is 59.0 Å². The molecule has 2 atom stereocenters. The third-order valence-corrected chi connectivity index (χ3v) is 4.55. The Labute approximate surface area is 119 Å². The summed E-state index contributed by atoms with van der Waals surface area (Å²) in [6.45, 7) is 1.81. The van der Waals surface area contributed by atoms with E-state index in [1.807, 2.05) is 13.1 Å². The minimum absolute atomic E-state index is 0. The smallest absolute Gasteiger partial charge is 0.233 e. The third kappa shape index (κ3) is 2.37. The number of hydrogen-bond donors (Lipinski definition) is 2. The number of carbonyl (C=O) groups excluding carboxylic acids is 1. The number of hydrogen-bond acceptors (Lipinski definition) is 3. The van der Waals surface area contributed by atoms with Crippen molar-refractivity contribution >= 4 is 24.1 Å². The van der Waals surface area contributed by atoms with Crippen molar-refractivity contribution in [3.63, 3.8) is 0 Å². The highest BCUT2D eigenvalue weighted by Crippen LogP contribution is 2.44. The van der Waals surface area contributed by atoms with Gasteiger partial charge in [-0.3, -0.25) is 9.48 Å². The van der Waals surface area contributed by atoms with Gasteiger partial charge < -0.3 is 10.6 Å². The SMILES string of the molecule is Cl.Cn1nccc1NC(=O)[C@@]12CCCC[C@H]1CNC2. The van der Waals surface area contributed by atoms with Crippen molar-refractivity contribution in [1.82, 2.24) is 15.1 Å². The van der Waals surface area contributed by atoms with E-state index < -0.39 is 0 Å². The zero-order valence-electron chi connectivity index (χ0n) is 11.2. The second kappa shape index (κ2) is 5.51. The molecule has 2 N–H and O–H groups in total. The summed E-state index contributed by atoms with van der Waals surface area (Å²) < 4.78 is 1.70. The molecule has 0 aromatic carbocycles. The summed E-state index contributed by atoms with van der Waals surface area (Å²) in [6.07, 6.45) is 6.31. The van der Waals surface area contributed by atoms with E-state index in [-0.39, 0.29) is 23.7 Å². The molecule has 1 saturated carbocycles. The number of aromatic nitrogens is 2. The largest absolute Gasteiger partial charge is 0.315 e. The first-order valence-corrected chi connectivity index (χ1v) is 6.72. The Balaban J connectivity index is 0.00000133. The number of halogens is 1. The average Bonchev–Trinajstić information content (AvgIpc) is 2.97. The number of anilines is 1. The van der Waals surface area contributed by atoms with E-state index in [4.69, 9.17) is 0 Å². The number of fused-ring (bicyclic) bond motifs is 1. The number of carbonyl (C=O) groups is 1. The predicted octanol–water partition coefficient (Wildman–Crippen LogP) is 1.56. The van der Waals surface area contributed by atoms with Crippen molar-refractivity contribution < 1.29 is 4.79 Å². The molecule has 0 spiro atoms. The standard InChI is InChI=1S/C13H20N4O.ClH/c1-17-11(5-7-15-17)16-12(18)13-6-3-2-4-10(13)8-14-9-13;/h5,7,10,14H,2-4,6,8-9H2,1H3,(H,16,18);1H/t10-,13+;/m0./s1. The maximum absolute atomic E-state index is 12.6.